The van der Waals surface area contributed by atoms with Crippen LogP contribution >= 0.6 is 12.4 Å². The third-order valence-electron chi connectivity index (χ3n) is 5.05. The molecule has 2 fully saturated rings. The Bertz CT molecular complexity index is 538. The van der Waals surface area contributed by atoms with Crippen molar-refractivity contribution in [1.29, 1.82) is 0 Å². The molecule has 1 aromatic rings. The van der Waals surface area contributed by atoms with E-state index in [9.17, 15) is 9.18 Å². The van der Waals surface area contributed by atoms with Crippen LogP contribution in [0.2, 0.25) is 0 Å². The number of hydrogen-bond acceptors (Lipinski definition) is 2. The minimum atomic E-state index is -0.287. The van der Waals surface area contributed by atoms with Crippen molar-refractivity contribution < 1.29 is 9.18 Å². The second kappa shape index (κ2) is 8.11. The summed E-state index contributed by atoms with van der Waals surface area (Å²) in [5.41, 5.74) is 1.50. The Morgan fingerprint density at radius 2 is 1.78 bits per heavy atom. The summed E-state index contributed by atoms with van der Waals surface area (Å²) in [6, 6.07) is 4.91. The second-order valence-corrected chi connectivity index (χ2v) is 6.77. The average Bonchev–Trinajstić information content (AvgIpc) is 2.55. The Kier molecular flexibility index (Phi) is 6.42. The molecule has 2 aliphatic heterocycles. The number of benzene rings is 1. The maximum Gasteiger partial charge on any atom is 0.253 e. The molecule has 23 heavy (non-hydrogen) atoms. The number of carbonyl (C=O) groups excluding carboxylic acids is 1. The van der Waals surface area contributed by atoms with Crippen LogP contribution in [0, 0.1) is 11.7 Å². The van der Waals surface area contributed by atoms with Crippen LogP contribution in [0.15, 0.2) is 18.2 Å². The summed E-state index contributed by atoms with van der Waals surface area (Å²) in [6.07, 6.45) is 4.11. The average molecular weight is 341 g/mol. The number of amides is 1. The van der Waals surface area contributed by atoms with Crippen molar-refractivity contribution in [3.8, 4) is 0 Å². The predicted molar refractivity (Wildman–Crippen MR) is 92.8 cm³/mol. The quantitative estimate of drug-likeness (QED) is 0.892. The third-order valence-corrected chi connectivity index (χ3v) is 5.05. The molecule has 5 heteroatoms. The lowest BCUT2D eigenvalue weighted by Crippen LogP contribution is -2.38. The van der Waals surface area contributed by atoms with Crippen LogP contribution in [0.4, 0.5) is 4.39 Å². The second-order valence-electron chi connectivity index (χ2n) is 6.77. The van der Waals surface area contributed by atoms with E-state index < -0.39 is 0 Å². The van der Waals surface area contributed by atoms with Crippen LogP contribution < -0.4 is 5.32 Å². The van der Waals surface area contributed by atoms with Gasteiger partial charge in [-0.25, -0.2) is 4.39 Å². The zero-order chi connectivity index (χ0) is 15.5. The van der Waals surface area contributed by atoms with Gasteiger partial charge in [-0.2, -0.15) is 0 Å². The van der Waals surface area contributed by atoms with Gasteiger partial charge in [0.05, 0.1) is 0 Å². The molecular formula is C18H26ClFN2O. The first kappa shape index (κ1) is 18.2. The van der Waals surface area contributed by atoms with Gasteiger partial charge in [0.2, 0.25) is 0 Å². The highest BCUT2D eigenvalue weighted by molar-refractivity contribution is 5.94. The van der Waals surface area contributed by atoms with Crippen LogP contribution in [0.3, 0.4) is 0 Å². The highest BCUT2D eigenvalue weighted by atomic mass is 35.5. The molecule has 1 aromatic carbocycles. The van der Waals surface area contributed by atoms with Gasteiger partial charge in [-0.15, -0.1) is 12.4 Å². The van der Waals surface area contributed by atoms with E-state index in [1.807, 2.05) is 11.0 Å². The normalized spacial score (nSPS) is 20.2. The molecule has 3 rings (SSSR count). The smallest absolute Gasteiger partial charge is 0.253 e. The van der Waals surface area contributed by atoms with Gasteiger partial charge in [-0.05, 0) is 74.4 Å². The summed E-state index contributed by atoms with van der Waals surface area (Å²) in [6.45, 7) is 5.74. The van der Waals surface area contributed by atoms with Gasteiger partial charge in [0.15, 0.2) is 0 Å². The van der Waals surface area contributed by atoms with Crippen molar-refractivity contribution in [3.05, 3.63) is 35.1 Å². The lowest BCUT2D eigenvalue weighted by atomic mass is 9.89. The van der Waals surface area contributed by atoms with E-state index in [0.717, 1.165) is 57.4 Å². The van der Waals surface area contributed by atoms with Gasteiger partial charge in [0, 0.05) is 18.7 Å². The standard InChI is InChI=1S/C18H25FN2O.ClH/c1-13-4-8-21(9-5-13)18(22)16-10-15(11-17(19)12-16)14-2-6-20-7-3-14;/h10-14,20H,2-9H2,1H3;1H. The molecule has 0 unspecified atom stereocenters. The van der Waals surface area contributed by atoms with Crippen molar-refractivity contribution >= 4 is 18.3 Å². The summed E-state index contributed by atoms with van der Waals surface area (Å²) in [7, 11) is 0. The largest absolute Gasteiger partial charge is 0.339 e. The minimum absolute atomic E-state index is 0. The van der Waals surface area contributed by atoms with Crippen molar-refractivity contribution in [2.45, 2.75) is 38.5 Å². The van der Waals surface area contributed by atoms with E-state index in [-0.39, 0.29) is 24.1 Å². The number of likely N-dealkylation sites (tertiary alicyclic amines) is 1. The Labute approximate surface area is 144 Å². The topological polar surface area (TPSA) is 32.3 Å². The number of rotatable bonds is 2. The van der Waals surface area contributed by atoms with Crippen LogP contribution in [0.1, 0.15) is 54.4 Å². The first-order valence-electron chi connectivity index (χ1n) is 8.44. The van der Waals surface area contributed by atoms with Crippen LogP contribution in [0.25, 0.3) is 0 Å². The number of hydrogen-bond donors (Lipinski definition) is 1. The summed E-state index contributed by atoms with van der Waals surface area (Å²) in [5, 5.41) is 3.32. The minimum Gasteiger partial charge on any atom is -0.339 e. The zero-order valence-corrected chi connectivity index (χ0v) is 14.5. The zero-order valence-electron chi connectivity index (χ0n) is 13.7. The molecule has 0 bridgehead atoms. The molecule has 0 spiro atoms. The molecular weight excluding hydrogens is 315 g/mol. The van der Waals surface area contributed by atoms with Crippen LogP contribution in [-0.4, -0.2) is 37.0 Å². The van der Waals surface area contributed by atoms with E-state index in [4.69, 9.17) is 0 Å². The van der Waals surface area contributed by atoms with E-state index in [1.165, 1.54) is 6.07 Å². The Morgan fingerprint density at radius 3 is 2.43 bits per heavy atom. The molecule has 1 amide bonds. The van der Waals surface area contributed by atoms with Crippen molar-refractivity contribution in [2.75, 3.05) is 26.2 Å². The number of nitrogens with zero attached hydrogens (tertiary/aromatic N) is 1. The molecule has 1 N–H and O–H groups in total. The van der Waals surface area contributed by atoms with Crippen molar-refractivity contribution in [1.82, 2.24) is 10.2 Å². The third kappa shape index (κ3) is 4.45. The summed E-state index contributed by atoms with van der Waals surface area (Å²) >= 11 is 0. The van der Waals surface area contributed by atoms with Gasteiger partial charge in [0.1, 0.15) is 5.82 Å². The maximum absolute atomic E-state index is 14.0. The Hall–Kier alpha value is -1.13. The van der Waals surface area contributed by atoms with E-state index in [0.29, 0.717) is 17.4 Å². The van der Waals surface area contributed by atoms with E-state index >= 15 is 0 Å². The summed E-state index contributed by atoms with van der Waals surface area (Å²) in [4.78, 5) is 14.5. The van der Waals surface area contributed by atoms with Gasteiger partial charge in [-0.1, -0.05) is 6.92 Å². The van der Waals surface area contributed by atoms with Gasteiger partial charge in [0.25, 0.3) is 5.91 Å². The molecule has 0 saturated carbocycles. The SMILES string of the molecule is CC1CCN(C(=O)c2cc(F)cc(C3CCNCC3)c2)CC1.Cl. The molecule has 0 atom stereocenters. The number of halogens is 2. The lowest BCUT2D eigenvalue weighted by Gasteiger charge is -2.30. The summed E-state index contributed by atoms with van der Waals surface area (Å²) in [5.74, 6) is 0.748. The van der Waals surface area contributed by atoms with Gasteiger partial charge < -0.3 is 10.2 Å². The van der Waals surface area contributed by atoms with E-state index in [1.54, 1.807) is 6.07 Å². The van der Waals surface area contributed by atoms with Gasteiger partial charge >= 0.3 is 0 Å². The molecule has 128 valence electrons. The highest BCUT2D eigenvalue weighted by Gasteiger charge is 2.23. The fourth-order valence-electron chi connectivity index (χ4n) is 3.52. The molecule has 2 heterocycles. The number of piperidine rings is 2. The first-order chi connectivity index (χ1) is 10.6. The Balaban J connectivity index is 0.00000192. The lowest BCUT2D eigenvalue weighted by molar-refractivity contribution is 0.0696. The molecule has 2 saturated heterocycles. The molecule has 2 aliphatic rings. The molecule has 3 nitrogen and oxygen atoms in total. The number of nitrogens with one attached hydrogen (secondary N) is 1. The monoisotopic (exact) mass is 340 g/mol. The summed E-state index contributed by atoms with van der Waals surface area (Å²) < 4.78 is 14.0. The molecule has 0 radical (unpaired) electrons. The maximum atomic E-state index is 14.0. The predicted octanol–water partition coefficient (Wildman–Crippen LogP) is 3.59. The number of carbonyl (C=O) groups is 1. The van der Waals surface area contributed by atoms with Crippen LogP contribution in [0.5, 0.6) is 0 Å². The van der Waals surface area contributed by atoms with Crippen molar-refractivity contribution in [3.63, 3.8) is 0 Å². The highest BCUT2D eigenvalue weighted by Crippen LogP contribution is 2.27. The van der Waals surface area contributed by atoms with E-state index in [2.05, 4.69) is 12.2 Å². The first-order valence-corrected chi connectivity index (χ1v) is 8.44. The molecule has 0 aromatic heterocycles. The van der Waals surface area contributed by atoms with Crippen molar-refractivity contribution in [2.24, 2.45) is 5.92 Å². The molecule has 0 aliphatic carbocycles. The fourth-order valence-corrected chi connectivity index (χ4v) is 3.52. The Morgan fingerprint density at radius 1 is 1.13 bits per heavy atom. The van der Waals surface area contributed by atoms with Gasteiger partial charge in [-0.3, -0.25) is 4.79 Å². The fraction of sp³-hybridized carbons (Fsp3) is 0.611. The van der Waals surface area contributed by atoms with Crippen LogP contribution in [-0.2, 0) is 0 Å².